The summed E-state index contributed by atoms with van der Waals surface area (Å²) in [4.78, 5) is 26.6. The molecule has 0 radical (unpaired) electrons. The Kier molecular flexibility index (Phi) is 5.33. The molecule has 2 aromatic rings. The van der Waals surface area contributed by atoms with E-state index >= 15 is 0 Å². The summed E-state index contributed by atoms with van der Waals surface area (Å²) in [5, 5.41) is 0.137. The van der Waals surface area contributed by atoms with Crippen molar-refractivity contribution >= 4 is 23.5 Å². The summed E-state index contributed by atoms with van der Waals surface area (Å²) < 4.78 is 10.3. The third-order valence-electron chi connectivity index (χ3n) is 3.97. The maximum Gasteiger partial charge on any atom is 0.338 e. The number of aromatic nitrogens is 3. The van der Waals surface area contributed by atoms with Gasteiger partial charge in [0.05, 0.1) is 25.1 Å². The van der Waals surface area contributed by atoms with Crippen LogP contribution >= 0.6 is 11.6 Å². The van der Waals surface area contributed by atoms with Crippen LogP contribution in [-0.4, -0.2) is 41.1 Å². The third-order valence-corrected chi connectivity index (χ3v) is 4.16. The van der Waals surface area contributed by atoms with Gasteiger partial charge in [0.15, 0.2) is 5.75 Å². The van der Waals surface area contributed by atoms with Crippen LogP contribution in [0.2, 0.25) is 5.15 Å². The van der Waals surface area contributed by atoms with Crippen molar-refractivity contribution in [2.45, 2.75) is 19.8 Å². The Morgan fingerprint density at radius 1 is 1.32 bits per heavy atom. The van der Waals surface area contributed by atoms with Gasteiger partial charge in [-0.2, -0.15) is 0 Å². The lowest BCUT2D eigenvalue weighted by Crippen LogP contribution is -2.35. The zero-order valence-electron chi connectivity index (χ0n) is 14.1. The van der Waals surface area contributed by atoms with Gasteiger partial charge in [0.1, 0.15) is 5.15 Å². The lowest BCUT2D eigenvalue weighted by atomic mass is 10.0. The molecule has 132 valence electrons. The van der Waals surface area contributed by atoms with Crippen molar-refractivity contribution in [3.8, 4) is 11.6 Å². The van der Waals surface area contributed by atoms with E-state index in [0.717, 1.165) is 19.5 Å². The molecule has 1 saturated heterocycles. The molecule has 0 bridgehead atoms. The maximum atomic E-state index is 11.6. The molecule has 3 heterocycles. The molecule has 0 unspecified atom stereocenters. The van der Waals surface area contributed by atoms with Crippen molar-refractivity contribution in [2.75, 3.05) is 25.1 Å². The van der Waals surface area contributed by atoms with Crippen LogP contribution in [0.4, 0.5) is 5.95 Å². The number of piperidine rings is 1. The first-order valence-electron chi connectivity index (χ1n) is 8.06. The topological polar surface area (TPSA) is 77.4 Å². The van der Waals surface area contributed by atoms with Crippen molar-refractivity contribution < 1.29 is 14.3 Å². The predicted octanol–water partition coefficient (Wildman–Crippen LogP) is 3.34. The van der Waals surface area contributed by atoms with Gasteiger partial charge in [-0.15, -0.1) is 0 Å². The fraction of sp³-hybridized carbons (Fsp3) is 0.412. The van der Waals surface area contributed by atoms with E-state index in [4.69, 9.17) is 16.3 Å². The molecule has 1 fully saturated rings. The first-order chi connectivity index (χ1) is 12.0. The van der Waals surface area contributed by atoms with Gasteiger partial charge in [-0.3, -0.25) is 0 Å². The Balaban J connectivity index is 1.73. The Bertz CT molecular complexity index is 754. The number of ether oxygens (including phenoxy) is 2. The number of halogens is 1. The van der Waals surface area contributed by atoms with Crippen LogP contribution in [0, 0.1) is 5.92 Å². The molecule has 8 heteroatoms. The zero-order valence-corrected chi connectivity index (χ0v) is 14.9. The van der Waals surface area contributed by atoms with Gasteiger partial charge in [0.25, 0.3) is 0 Å². The van der Waals surface area contributed by atoms with E-state index in [1.165, 1.54) is 25.7 Å². The van der Waals surface area contributed by atoms with Gasteiger partial charge in [0.2, 0.25) is 11.8 Å². The number of pyridine rings is 1. The van der Waals surface area contributed by atoms with E-state index in [1.54, 1.807) is 12.4 Å². The molecule has 0 N–H and O–H groups in total. The summed E-state index contributed by atoms with van der Waals surface area (Å²) in [6.45, 7) is 4.15. The third kappa shape index (κ3) is 4.36. The second-order valence-corrected chi connectivity index (χ2v) is 6.41. The highest BCUT2D eigenvalue weighted by molar-refractivity contribution is 6.29. The van der Waals surface area contributed by atoms with Crippen molar-refractivity contribution in [1.82, 2.24) is 15.0 Å². The lowest BCUT2D eigenvalue weighted by molar-refractivity contribution is 0.0600. The molecule has 1 aliphatic rings. The quantitative estimate of drug-likeness (QED) is 0.609. The fourth-order valence-electron chi connectivity index (χ4n) is 2.78. The molecule has 3 rings (SSSR count). The van der Waals surface area contributed by atoms with Crippen LogP contribution in [0.1, 0.15) is 30.1 Å². The SMILES string of the molecule is COC(=O)c1cc(Cl)nc(Oc2cnc(N3CCC[C@@H](C)C3)nc2)c1. The Morgan fingerprint density at radius 2 is 2.08 bits per heavy atom. The van der Waals surface area contributed by atoms with Crippen molar-refractivity contribution in [1.29, 1.82) is 0 Å². The molecule has 1 aliphatic heterocycles. The Labute approximate surface area is 151 Å². The number of nitrogens with zero attached hydrogens (tertiary/aromatic N) is 4. The zero-order chi connectivity index (χ0) is 17.8. The number of carbonyl (C=O) groups is 1. The number of esters is 1. The molecular formula is C17H19ClN4O3. The monoisotopic (exact) mass is 362 g/mol. The van der Waals surface area contributed by atoms with Gasteiger partial charge in [-0.05, 0) is 24.8 Å². The minimum atomic E-state index is -0.514. The molecule has 0 aromatic carbocycles. The molecule has 0 amide bonds. The molecule has 1 atom stereocenters. The number of hydrogen-bond acceptors (Lipinski definition) is 7. The highest BCUT2D eigenvalue weighted by atomic mass is 35.5. The highest BCUT2D eigenvalue weighted by Crippen LogP contribution is 2.24. The first-order valence-corrected chi connectivity index (χ1v) is 8.43. The smallest absolute Gasteiger partial charge is 0.338 e. The van der Waals surface area contributed by atoms with Gasteiger partial charge in [-0.25, -0.2) is 19.7 Å². The van der Waals surface area contributed by atoms with Gasteiger partial charge >= 0.3 is 5.97 Å². The molecule has 2 aromatic heterocycles. The van der Waals surface area contributed by atoms with Gasteiger partial charge < -0.3 is 14.4 Å². The molecule has 0 aliphatic carbocycles. The second-order valence-electron chi connectivity index (χ2n) is 6.02. The summed E-state index contributed by atoms with van der Waals surface area (Å²) in [5.41, 5.74) is 0.261. The van der Waals surface area contributed by atoms with Crippen LogP contribution in [0.5, 0.6) is 11.6 Å². The second kappa shape index (κ2) is 7.65. The molecule has 0 saturated carbocycles. The fourth-order valence-corrected chi connectivity index (χ4v) is 2.98. The maximum absolute atomic E-state index is 11.6. The van der Waals surface area contributed by atoms with E-state index in [0.29, 0.717) is 17.6 Å². The average Bonchev–Trinajstić information content (AvgIpc) is 2.61. The Morgan fingerprint density at radius 3 is 2.76 bits per heavy atom. The standard InChI is InChI=1S/C17H19ClN4O3/c1-11-4-3-5-22(10-11)17-19-8-13(9-20-17)25-15-7-12(16(23)24-2)6-14(18)21-15/h6-9,11H,3-5,10H2,1-2H3/t11-/m1/s1. The number of anilines is 1. The lowest BCUT2D eigenvalue weighted by Gasteiger charge is -2.30. The van der Waals surface area contributed by atoms with Crippen LogP contribution in [-0.2, 0) is 4.74 Å². The van der Waals surface area contributed by atoms with Crippen LogP contribution in [0.3, 0.4) is 0 Å². The summed E-state index contributed by atoms with van der Waals surface area (Å²) in [5.74, 6) is 1.41. The molecule has 0 spiro atoms. The van der Waals surface area contributed by atoms with Crippen LogP contribution < -0.4 is 9.64 Å². The minimum absolute atomic E-state index is 0.137. The number of carbonyl (C=O) groups excluding carboxylic acids is 1. The normalized spacial score (nSPS) is 17.2. The summed E-state index contributed by atoms with van der Waals surface area (Å²) in [6, 6.07) is 2.87. The van der Waals surface area contributed by atoms with Gasteiger partial charge in [-0.1, -0.05) is 18.5 Å². The van der Waals surface area contributed by atoms with E-state index in [9.17, 15) is 4.79 Å². The Hall–Kier alpha value is -2.41. The molecule has 7 nitrogen and oxygen atoms in total. The average molecular weight is 363 g/mol. The summed E-state index contributed by atoms with van der Waals surface area (Å²) in [6.07, 6.45) is 5.55. The van der Waals surface area contributed by atoms with E-state index in [2.05, 4.69) is 31.5 Å². The summed E-state index contributed by atoms with van der Waals surface area (Å²) in [7, 11) is 1.30. The molecule has 25 heavy (non-hydrogen) atoms. The largest absolute Gasteiger partial charge is 0.465 e. The van der Waals surface area contributed by atoms with Crippen molar-refractivity contribution in [2.24, 2.45) is 5.92 Å². The summed E-state index contributed by atoms with van der Waals surface area (Å²) >= 11 is 5.92. The van der Waals surface area contributed by atoms with E-state index < -0.39 is 5.97 Å². The van der Waals surface area contributed by atoms with E-state index in [-0.39, 0.29) is 16.6 Å². The first kappa shape index (κ1) is 17.4. The van der Waals surface area contributed by atoms with E-state index in [1.807, 2.05) is 0 Å². The van der Waals surface area contributed by atoms with Crippen LogP contribution in [0.15, 0.2) is 24.5 Å². The highest BCUT2D eigenvalue weighted by Gasteiger charge is 2.18. The van der Waals surface area contributed by atoms with Crippen molar-refractivity contribution in [3.63, 3.8) is 0 Å². The van der Waals surface area contributed by atoms with Gasteiger partial charge in [0, 0.05) is 19.2 Å². The number of rotatable bonds is 4. The molecular weight excluding hydrogens is 344 g/mol. The number of hydrogen-bond donors (Lipinski definition) is 0. The number of methoxy groups -OCH3 is 1. The minimum Gasteiger partial charge on any atom is -0.465 e. The predicted molar refractivity (Wildman–Crippen MR) is 93.3 cm³/mol. The van der Waals surface area contributed by atoms with Crippen molar-refractivity contribution in [3.05, 3.63) is 35.2 Å². The van der Waals surface area contributed by atoms with Crippen LogP contribution in [0.25, 0.3) is 0 Å².